The summed E-state index contributed by atoms with van der Waals surface area (Å²) in [6.45, 7) is 0.120. The van der Waals surface area contributed by atoms with Crippen molar-refractivity contribution >= 4 is 9.84 Å². The second-order valence-corrected chi connectivity index (χ2v) is 5.06. The predicted octanol–water partition coefficient (Wildman–Crippen LogP) is -0.0979. The largest absolute Gasteiger partial charge is 0.396 e. The summed E-state index contributed by atoms with van der Waals surface area (Å²) in [6.07, 6.45) is 3.33. The van der Waals surface area contributed by atoms with E-state index < -0.39 is 15.3 Å². The van der Waals surface area contributed by atoms with Crippen LogP contribution >= 0.6 is 0 Å². The van der Waals surface area contributed by atoms with Crippen LogP contribution in [0, 0.1) is 0 Å². The second-order valence-electron chi connectivity index (χ2n) is 2.86. The van der Waals surface area contributed by atoms with Gasteiger partial charge in [-0.25, -0.2) is 8.42 Å². The molecule has 0 fully saturated rings. The molecule has 0 spiro atoms. The van der Waals surface area contributed by atoms with Crippen molar-refractivity contribution in [3.05, 3.63) is 0 Å². The molecule has 0 aromatic carbocycles. The van der Waals surface area contributed by atoms with Gasteiger partial charge in [-0.15, -0.1) is 0 Å². The molecule has 1 unspecified atom stereocenters. The van der Waals surface area contributed by atoms with Gasteiger partial charge in [0, 0.05) is 12.9 Å². The Morgan fingerprint density at radius 3 is 2.25 bits per heavy atom. The lowest BCUT2D eigenvalue weighted by molar-refractivity contribution is 0.230. The smallest absolute Gasteiger partial charge is 0.173 e. The van der Waals surface area contributed by atoms with E-state index in [1.165, 1.54) is 0 Å². The summed E-state index contributed by atoms with van der Waals surface area (Å²) >= 11 is 0. The standard InChI is InChI=1S/C7H16O4S/c1-12(10,11)7(9)5-3-2-4-6-8/h7-9H,2-6H2,1H3. The third-order valence-electron chi connectivity index (χ3n) is 1.60. The molecule has 0 rings (SSSR count). The third kappa shape index (κ3) is 5.51. The highest BCUT2D eigenvalue weighted by Crippen LogP contribution is 2.07. The van der Waals surface area contributed by atoms with Gasteiger partial charge in [-0.05, 0) is 19.3 Å². The average Bonchev–Trinajstić information content (AvgIpc) is 1.96. The topological polar surface area (TPSA) is 74.6 Å². The van der Waals surface area contributed by atoms with Crippen molar-refractivity contribution in [2.45, 2.75) is 31.1 Å². The van der Waals surface area contributed by atoms with Crippen molar-refractivity contribution in [3.63, 3.8) is 0 Å². The first-order valence-corrected chi connectivity index (χ1v) is 5.91. The number of aliphatic hydroxyl groups is 2. The van der Waals surface area contributed by atoms with Crippen molar-refractivity contribution in [2.75, 3.05) is 12.9 Å². The monoisotopic (exact) mass is 196 g/mol. The molecule has 4 nitrogen and oxygen atoms in total. The lowest BCUT2D eigenvalue weighted by atomic mass is 10.2. The van der Waals surface area contributed by atoms with Gasteiger partial charge in [0.2, 0.25) is 0 Å². The fourth-order valence-corrected chi connectivity index (χ4v) is 1.42. The van der Waals surface area contributed by atoms with Gasteiger partial charge in [-0.3, -0.25) is 0 Å². The van der Waals surface area contributed by atoms with Crippen LogP contribution in [0.2, 0.25) is 0 Å². The minimum absolute atomic E-state index is 0.120. The minimum atomic E-state index is -3.30. The van der Waals surface area contributed by atoms with Crippen molar-refractivity contribution in [1.82, 2.24) is 0 Å². The SMILES string of the molecule is CS(=O)(=O)C(O)CCCCCO. The number of sulfone groups is 1. The summed E-state index contributed by atoms with van der Waals surface area (Å²) in [5.41, 5.74) is -1.24. The predicted molar refractivity (Wildman–Crippen MR) is 46.4 cm³/mol. The normalized spacial score (nSPS) is 14.6. The molecule has 0 saturated heterocycles. The fourth-order valence-electron chi connectivity index (χ4n) is 0.822. The highest BCUT2D eigenvalue weighted by Gasteiger charge is 2.15. The van der Waals surface area contributed by atoms with Crippen LogP contribution in [0.5, 0.6) is 0 Å². The molecule has 0 amide bonds. The number of rotatable bonds is 6. The van der Waals surface area contributed by atoms with Crippen molar-refractivity contribution < 1.29 is 18.6 Å². The van der Waals surface area contributed by atoms with E-state index in [1.807, 2.05) is 0 Å². The zero-order valence-corrected chi connectivity index (χ0v) is 8.05. The Hall–Kier alpha value is -0.130. The van der Waals surface area contributed by atoms with Gasteiger partial charge in [0.15, 0.2) is 15.3 Å². The maximum absolute atomic E-state index is 10.7. The fraction of sp³-hybridized carbons (Fsp3) is 1.00. The number of unbranched alkanes of at least 4 members (excludes halogenated alkanes) is 2. The molecule has 2 N–H and O–H groups in total. The Bertz CT molecular complexity index is 197. The Morgan fingerprint density at radius 1 is 1.25 bits per heavy atom. The molecule has 0 aliphatic heterocycles. The molecule has 12 heavy (non-hydrogen) atoms. The van der Waals surface area contributed by atoms with E-state index in [4.69, 9.17) is 10.2 Å². The quantitative estimate of drug-likeness (QED) is 0.582. The first kappa shape index (κ1) is 11.9. The van der Waals surface area contributed by atoms with Crippen LogP contribution in [-0.2, 0) is 9.84 Å². The van der Waals surface area contributed by atoms with Gasteiger partial charge < -0.3 is 10.2 Å². The van der Waals surface area contributed by atoms with E-state index in [9.17, 15) is 8.42 Å². The Morgan fingerprint density at radius 2 is 1.83 bits per heavy atom. The highest BCUT2D eigenvalue weighted by atomic mass is 32.2. The van der Waals surface area contributed by atoms with E-state index in [0.29, 0.717) is 12.8 Å². The molecule has 0 bridgehead atoms. The molecule has 0 radical (unpaired) electrons. The molecule has 0 aromatic rings. The lowest BCUT2D eigenvalue weighted by Gasteiger charge is -2.06. The molecule has 0 aromatic heterocycles. The summed E-state index contributed by atoms with van der Waals surface area (Å²) in [5, 5.41) is 17.4. The Kier molecular flexibility index (Phi) is 5.44. The van der Waals surface area contributed by atoms with E-state index >= 15 is 0 Å². The summed E-state index contributed by atoms with van der Waals surface area (Å²) in [4.78, 5) is 0. The van der Waals surface area contributed by atoms with Crippen LogP contribution in [0.1, 0.15) is 25.7 Å². The maximum atomic E-state index is 10.7. The van der Waals surface area contributed by atoms with Gasteiger partial charge in [0.25, 0.3) is 0 Å². The number of hydrogen-bond acceptors (Lipinski definition) is 4. The van der Waals surface area contributed by atoms with E-state index in [0.717, 1.165) is 12.7 Å². The van der Waals surface area contributed by atoms with Crippen LogP contribution in [0.25, 0.3) is 0 Å². The first-order valence-electron chi connectivity index (χ1n) is 3.96. The average molecular weight is 196 g/mol. The molecule has 0 heterocycles. The highest BCUT2D eigenvalue weighted by molar-refractivity contribution is 7.91. The van der Waals surface area contributed by atoms with E-state index in [1.54, 1.807) is 0 Å². The van der Waals surface area contributed by atoms with Gasteiger partial charge >= 0.3 is 0 Å². The van der Waals surface area contributed by atoms with Crippen LogP contribution in [0.4, 0.5) is 0 Å². The van der Waals surface area contributed by atoms with Crippen LogP contribution in [0.3, 0.4) is 0 Å². The van der Waals surface area contributed by atoms with Gasteiger partial charge in [0.1, 0.15) is 0 Å². The van der Waals surface area contributed by atoms with E-state index in [-0.39, 0.29) is 13.0 Å². The molecule has 0 aliphatic rings. The lowest BCUT2D eigenvalue weighted by Crippen LogP contribution is -2.18. The van der Waals surface area contributed by atoms with Gasteiger partial charge in [-0.2, -0.15) is 0 Å². The molecule has 0 saturated carbocycles. The molecular weight excluding hydrogens is 180 g/mol. The maximum Gasteiger partial charge on any atom is 0.173 e. The van der Waals surface area contributed by atoms with Crippen LogP contribution in [-0.4, -0.2) is 36.9 Å². The van der Waals surface area contributed by atoms with Gasteiger partial charge in [-0.1, -0.05) is 6.42 Å². The molecule has 74 valence electrons. The van der Waals surface area contributed by atoms with Crippen LogP contribution < -0.4 is 0 Å². The number of aliphatic hydroxyl groups excluding tert-OH is 2. The zero-order valence-electron chi connectivity index (χ0n) is 7.23. The van der Waals surface area contributed by atoms with Crippen molar-refractivity contribution in [3.8, 4) is 0 Å². The van der Waals surface area contributed by atoms with Gasteiger partial charge in [0.05, 0.1) is 0 Å². The molecule has 1 atom stereocenters. The zero-order chi connectivity index (χ0) is 9.61. The minimum Gasteiger partial charge on any atom is -0.396 e. The number of hydrogen-bond donors (Lipinski definition) is 2. The summed E-state index contributed by atoms with van der Waals surface area (Å²) in [6, 6.07) is 0. The summed E-state index contributed by atoms with van der Waals surface area (Å²) in [5.74, 6) is 0. The molecule has 0 aliphatic carbocycles. The first-order chi connectivity index (χ1) is 5.48. The Balaban J connectivity index is 3.52. The second kappa shape index (κ2) is 5.50. The van der Waals surface area contributed by atoms with Crippen molar-refractivity contribution in [1.29, 1.82) is 0 Å². The summed E-state index contributed by atoms with van der Waals surface area (Å²) < 4.78 is 21.4. The summed E-state index contributed by atoms with van der Waals surface area (Å²) in [7, 11) is -3.30. The molecular formula is C7H16O4S. The third-order valence-corrected chi connectivity index (χ3v) is 2.83. The molecule has 5 heteroatoms. The van der Waals surface area contributed by atoms with E-state index in [2.05, 4.69) is 0 Å². The van der Waals surface area contributed by atoms with Crippen LogP contribution in [0.15, 0.2) is 0 Å². The van der Waals surface area contributed by atoms with Crippen molar-refractivity contribution in [2.24, 2.45) is 0 Å². The Labute approximate surface area is 73.1 Å².